The molecule has 3 atom stereocenters. The minimum Gasteiger partial charge on any atom is -0.490 e. The van der Waals surface area contributed by atoms with E-state index in [0.29, 0.717) is 139 Å². The van der Waals surface area contributed by atoms with Crippen LogP contribution in [0.3, 0.4) is 0 Å². The highest BCUT2D eigenvalue weighted by atomic mass is 19.3. The molecule has 7 aliphatic heterocycles. The number of halogens is 2. The molecule has 610 valence electrons. The second kappa shape index (κ2) is 28.7. The first-order valence-corrected chi connectivity index (χ1v) is 40.5. The number of nitrogen functional groups attached to an aromatic ring is 4. The summed E-state index contributed by atoms with van der Waals surface area (Å²) in [5.74, 6) is 8.78. The van der Waals surface area contributed by atoms with E-state index in [1.807, 2.05) is 59.1 Å². The minimum absolute atomic E-state index is 0.00504. The molecule has 0 spiro atoms. The van der Waals surface area contributed by atoms with Gasteiger partial charge in [0.2, 0.25) is 23.7 Å². The lowest BCUT2D eigenvalue weighted by molar-refractivity contribution is -0.0532. The van der Waals surface area contributed by atoms with Crippen LogP contribution in [0.5, 0.6) is 11.6 Å². The highest BCUT2D eigenvalue weighted by molar-refractivity contribution is 5.92. The molecule has 117 heavy (non-hydrogen) atoms. The number of aromatic nitrogens is 22. The van der Waals surface area contributed by atoms with Crippen LogP contribution in [-0.2, 0) is 61.9 Å². The molecule has 7 fully saturated rings. The Hall–Kier alpha value is -11.4. The highest BCUT2D eigenvalue weighted by Crippen LogP contribution is 2.53. The van der Waals surface area contributed by atoms with Gasteiger partial charge >= 0.3 is 0 Å². The average molecular weight is 1600 g/mol. The van der Waals surface area contributed by atoms with Crippen LogP contribution < -0.4 is 47.1 Å². The molecule has 2 bridgehead atoms. The molecule has 12 aromatic heterocycles. The van der Waals surface area contributed by atoms with Crippen LogP contribution in [0.1, 0.15) is 150 Å². The van der Waals surface area contributed by atoms with Gasteiger partial charge in [-0.05, 0) is 144 Å². The normalized spacial score (nSPS) is 22.5. The Bertz CT molecular complexity index is 5810. The molecule has 0 radical (unpaired) electrons. The number of anilines is 7. The summed E-state index contributed by atoms with van der Waals surface area (Å²) < 4.78 is 72.2. The van der Waals surface area contributed by atoms with E-state index in [1.54, 1.807) is 54.3 Å². The fourth-order valence-electron chi connectivity index (χ4n) is 17.7. The van der Waals surface area contributed by atoms with Crippen molar-refractivity contribution in [2.24, 2.45) is 17.8 Å². The maximum absolute atomic E-state index is 14.1. The summed E-state index contributed by atoms with van der Waals surface area (Å²) in [5, 5.41) is 0. The number of pyridine rings is 2. The second-order valence-electron chi connectivity index (χ2n) is 33.7. The summed E-state index contributed by atoms with van der Waals surface area (Å²) >= 11 is 0. The van der Waals surface area contributed by atoms with E-state index in [1.165, 1.54) is 32.1 Å². The molecule has 12 aromatic rings. The molecule has 0 aromatic carbocycles. The number of rotatable bonds is 13. The number of hydrogen-bond acceptors (Lipinski definition) is 31. The summed E-state index contributed by atoms with van der Waals surface area (Å²) in [6.07, 6.45) is 20.0. The summed E-state index contributed by atoms with van der Waals surface area (Å²) in [5.41, 5.74) is 31.3. The first-order valence-electron chi connectivity index (χ1n) is 40.5. The summed E-state index contributed by atoms with van der Waals surface area (Å²) in [7, 11) is 0. The third-order valence-electron chi connectivity index (χ3n) is 23.8. The van der Waals surface area contributed by atoms with Crippen molar-refractivity contribution >= 4 is 85.6 Å². The SMILES string of the molecule is CC(C)N(c1nc(-c2cnc(N)nc2)nc2c1nc1n2CCOC1(C)C)C1CC1.CC1(C)OCCn2c1nc1c(OC3CC4CC4C3)nc(-c3cnc(N)nc3)nc12.CCOc1cc(-c2nc(N3CCC(F)(F)C3)c3nc4n(c3n2)CCOC4(C)C)cnc1N.C[C@@H]1OCCn2c1nc1cc(-c3cnc(N)nc3)nc(N3CC4CC3C4)c12. The van der Waals surface area contributed by atoms with Crippen LogP contribution in [0.15, 0.2) is 55.5 Å². The molecule has 23 rings (SSSR count). The van der Waals surface area contributed by atoms with Crippen molar-refractivity contribution in [2.45, 2.75) is 200 Å². The van der Waals surface area contributed by atoms with E-state index < -0.39 is 29.3 Å². The van der Waals surface area contributed by atoms with Crippen molar-refractivity contribution in [2.75, 3.05) is 90.3 Å². The van der Waals surface area contributed by atoms with Gasteiger partial charge < -0.3 is 84.3 Å². The Balaban J connectivity index is 0.000000104. The molecule has 19 heterocycles. The molecule has 3 saturated heterocycles. The Morgan fingerprint density at radius 2 is 1.09 bits per heavy atom. The van der Waals surface area contributed by atoms with Crippen LogP contribution in [0.2, 0.25) is 0 Å². The number of ether oxygens (including phenoxy) is 6. The number of hydrogen-bond donors (Lipinski definition) is 4. The van der Waals surface area contributed by atoms with Gasteiger partial charge in [-0.2, -0.15) is 4.98 Å². The van der Waals surface area contributed by atoms with Crippen molar-refractivity contribution in [3.8, 4) is 57.1 Å². The van der Waals surface area contributed by atoms with Gasteiger partial charge in [0, 0.05) is 118 Å². The predicted octanol–water partition coefficient (Wildman–Crippen LogP) is 9.96. The van der Waals surface area contributed by atoms with Crippen LogP contribution in [-0.4, -0.2) is 191 Å². The monoisotopic (exact) mass is 1600 g/mol. The van der Waals surface area contributed by atoms with Crippen molar-refractivity contribution in [1.29, 1.82) is 0 Å². The van der Waals surface area contributed by atoms with Crippen molar-refractivity contribution < 1.29 is 37.2 Å². The third kappa shape index (κ3) is 14.1. The standard InChI is InChI=1S/C21H25F2N7O2.C20H26N8O.C20H23N7O2.C19H21N7O/c1-4-31-13-9-12(10-25-15(13)24)16-27-17(29-6-5-21(22,23)11-29)14-18(28-16)30-7-8-32-20(2,3)19(30)26-14;1-11(2)28(13-5-6-13)17-14-16(27-7-8-29-20(3,4)18(27)24-14)25-15(26-17)12-9-22-19(21)23-10-12;1-20(2)18-24-14-16(27(18)3-4-28-20)25-15(12-8-22-19(21)23-9-12)26-17(14)29-13-6-10-5-11(10)7-13;1-10-17-24-15-6-14(12-7-21-19(20)22-8-12)23-18(16(15)25(17)2-3-27-10)26-9-11-4-13(26)5-11/h9-10H,4-8,11H2,1-3H3,(H2,24,25);9-11,13H,5-8H2,1-4H3,(H2,21,22,23);8-11,13H,3-7H2,1-2H3,(H2,21,22,23);6-8,10-11,13H,2-5,9H2,1H3,(H2,20,21,22)/t;;;10-,11?,13?/m...0/s1. The van der Waals surface area contributed by atoms with Gasteiger partial charge in [-0.3, -0.25) is 0 Å². The van der Waals surface area contributed by atoms with E-state index in [2.05, 4.69) is 84.1 Å². The van der Waals surface area contributed by atoms with Gasteiger partial charge in [-0.1, -0.05) is 0 Å². The zero-order valence-corrected chi connectivity index (χ0v) is 67.2. The number of nitrogens with zero attached hydrogens (tertiary/aromatic N) is 25. The van der Waals surface area contributed by atoms with E-state index in [9.17, 15) is 8.78 Å². The van der Waals surface area contributed by atoms with E-state index in [-0.39, 0.29) is 48.8 Å². The molecular formula is C80H95F2N29O6. The van der Waals surface area contributed by atoms with Gasteiger partial charge in [-0.15, -0.1) is 0 Å². The summed E-state index contributed by atoms with van der Waals surface area (Å²) in [6.45, 7) is 26.8. The Morgan fingerprint density at radius 1 is 0.556 bits per heavy atom. The quantitative estimate of drug-likeness (QED) is 0.0833. The van der Waals surface area contributed by atoms with E-state index >= 15 is 0 Å². The Morgan fingerprint density at radius 3 is 1.63 bits per heavy atom. The number of fused-ring (bicyclic) bond motifs is 14. The largest absolute Gasteiger partial charge is 0.490 e. The predicted molar refractivity (Wildman–Crippen MR) is 431 cm³/mol. The molecule has 8 N–H and O–H groups in total. The first kappa shape index (κ1) is 75.6. The van der Waals surface area contributed by atoms with Crippen LogP contribution >= 0.6 is 0 Å². The Kier molecular flexibility index (Phi) is 18.6. The molecular weight excluding hydrogens is 1500 g/mol. The lowest BCUT2D eigenvalue weighted by atomic mass is 9.86. The second-order valence-corrected chi connectivity index (χ2v) is 33.7. The maximum Gasteiger partial charge on any atom is 0.266 e. The van der Waals surface area contributed by atoms with Crippen molar-refractivity contribution in [1.82, 2.24) is 108 Å². The molecule has 11 aliphatic rings. The Labute approximate surface area is 671 Å². The van der Waals surface area contributed by atoms with Crippen molar-refractivity contribution in [3.63, 3.8) is 0 Å². The van der Waals surface area contributed by atoms with Crippen LogP contribution in [0, 0.1) is 17.8 Å². The van der Waals surface area contributed by atoms with Gasteiger partial charge in [0.25, 0.3) is 5.92 Å². The van der Waals surface area contributed by atoms with Gasteiger partial charge in [0.15, 0.2) is 80.0 Å². The maximum atomic E-state index is 14.1. The van der Waals surface area contributed by atoms with Gasteiger partial charge in [0.1, 0.15) is 57.8 Å². The molecule has 37 heteroatoms. The zero-order valence-electron chi connectivity index (χ0n) is 67.2. The van der Waals surface area contributed by atoms with E-state index in [4.69, 9.17) is 101 Å². The lowest BCUT2D eigenvalue weighted by Gasteiger charge is -2.30. The van der Waals surface area contributed by atoms with Gasteiger partial charge in [-0.25, -0.2) is 93.5 Å². The fraction of sp³-hybridized carbons (Fsp3) is 0.525. The molecule has 0 amide bonds. The highest BCUT2D eigenvalue weighted by Gasteiger charge is 2.49. The lowest BCUT2D eigenvalue weighted by Crippen LogP contribution is -2.34. The summed E-state index contributed by atoms with van der Waals surface area (Å²) in [4.78, 5) is 88.7. The van der Waals surface area contributed by atoms with Crippen LogP contribution in [0.25, 0.3) is 89.9 Å². The topological polar surface area (TPSA) is 421 Å². The molecule has 4 saturated carbocycles. The average Bonchev–Trinajstić information content (AvgIpc) is 1.58. The zero-order chi connectivity index (χ0) is 80.9. The smallest absolute Gasteiger partial charge is 0.266 e. The first-order chi connectivity index (χ1) is 56.2. The van der Waals surface area contributed by atoms with Gasteiger partial charge in [0.05, 0.1) is 61.9 Å². The molecule has 4 aliphatic carbocycles. The van der Waals surface area contributed by atoms with Crippen molar-refractivity contribution in [3.05, 3.63) is 78.8 Å². The number of nitrogens with two attached hydrogens (primary N) is 4. The fourth-order valence-corrected chi connectivity index (χ4v) is 17.7. The van der Waals surface area contributed by atoms with Crippen LogP contribution in [0.4, 0.5) is 49.9 Å². The number of imidazole rings is 4. The number of alkyl halides is 2. The minimum atomic E-state index is -2.77. The third-order valence-corrected chi connectivity index (χ3v) is 23.8. The molecule has 35 nitrogen and oxygen atoms in total. The summed E-state index contributed by atoms with van der Waals surface area (Å²) in [6, 6.07) is 5.15. The van der Waals surface area contributed by atoms with E-state index in [0.717, 1.165) is 117 Å². The molecule has 2 unspecified atom stereocenters.